The molecule has 1 amide bonds. The molecule has 0 bridgehead atoms. The minimum Gasteiger partial charge on any atom is -0.481 e. The van der Waals surface area contributed by atoms with Gasteiger partial charge in [-0.25, -0.2) is 4.39 Å². The number of aliphatic carboxylic acids is 1. The smallest absolute Gasteiger partial charge is 0.313 e. The van der Waals surface area contributed by atoms with Gasteiger partial charge >= 0.3 is 5.97 Å². The second kappa shape index (κ2) is 7.34. The average Bonchev–Trinajstić information content (AvgIpc) is 2.56. The van der Waals surface area contributed by atoms with Crippen molar-refractivity contribution in [2.24, 2.45) is 0 Å². The monoisotopic (exact) mass is 345 g/mol. The molecule has 0 fully saturated rings. The van der Waals surface area contributed by atoms with Crippen LogP contribution in [0.2, 0.25) is 0 Å². The topological polar surface area (TPSA) is 75.6 Å². The zero-order valence-corrected chi connectivity index (χ0v) is 14.3. The molecule has 2 aromatic rings. The van der Waals surface area contributed by atoms with E-state index < -0.39 is 23.1 Å². The number of ether oxygens (including phenoxy) is 1. The Hall–Kier alpha value is -2.89. The molecule has 0 saturated heterocycles. The minimum atomic E-state index is -1.02. The van der Waals surface area contributed by atoms with E-state index in [0.717, 1.165) is 5.56 Å². The molecular weight excluding hydrogens is 325 g/mol. The summed E-state index contributed by atoms with van der Waals surface area (Å²) in [7, 11) is 0. The number of amides is 1. The van der Waals surface area contributed by atoms with Crippen molar-refractivity contribution in [1.82, 2.24) is 0 Å². The van der Waals surface area contributed by atoms with Crippen molar-refractivity contribution in [2.75, 3.05) is 11.9 Å². The van der Waals surface area contributed by atoms with Crippen molar-refractivity contribution < 1.29 is 23.8 Å². The number of halogens is 1. The first kappa shape index (κ1) is 18.4. The highest BCUT2D eigenvalue weighted by Gasteiger charge is 2.29. The van der Waals surface area contributed by atoms with E-state index in [9.17, 15) is 19.1 Å². The van der Waals surface area contributed by atoms with E-state index in [1.54, 1.807) is 51.1 Å². The molecule has 5 nitrogen and oxygen atoms in total. The lowest BCUT2D eigenvalue weighted by Crippen LogP contribution is -2.28. The van der Waals surface area contributed by atoms with Crippen LogP contribution >= 0.6 is 0 Å². The second-order valence-electron chi connectivity index (χ2n) is 6.28. The summed E-state index contributed by atoms with van der Waals surface area (Å²) in [5.74, 6) is -1.88. The van der Waals surface area contributed by atoms with Gasteiger partial charge in [-0.1, -0.05) is 18.2 Å². The Balaban J connectivity index is 1.97. The van der Waals surface area contributed by atoms with Crippen molar-refractivity contribution in [3.63, 3.8) is 0 Å². The lowest BCUT2D eigenvalue weighted by atomic mass is 9.85. The number of aryl methyl sites for hydroxylation is 1. The number of rotatable bonds is 6. The number of carbonyl (C=O) groups excluding carboxylic acids is 1. The molecule has 6 heteroatoms. The molecule has 0 radical (unpaired) electrons. The fraction of sp³-hybridized carbons (Fsp3) is 0.263. The molecule has 0 aliphatic carbocycles. The van der Waals surface area contributed by atoms with Gasteiger partial charge in [-0.05, 0) is 56.2 Å². The summed E-state index contributed by atoms with van der Waals surface area (Å²) >= 11 is 0. The maximum atomic E-state index is 13.6. The van der Waals surface area contributed by atoms with Gasteiger partial charge in [-0.15, -0.1) is 0 Å². The van der Waals surface area contributed by atoms with Crippen molar-refractivity contribution >= 4 is 17.6 Å². The molecule has 0 aliphatic rings. The molecule has 2 N–H and O–H groups in total. The zero-order chi connectivity index (χ0) is 18.6. The second-order valence-corrected chi connectivity index (χ2v) is 6.28. The third kappa shape index (κ3) is 4.56. The summed E-state index contributed by atoms with van der Waals surface area (Å²) in [5, 5.41) is 11.8. The standard InChI is InChI=1S/C19H20FNO4/c1-12-4-9-15(20)16(10-12)25-11-17(22)21-14-7-5-13(6-8-14)19(2,3)18(23)24/h4-10H,11H2,1-3H3,(H,21,22)(H,23,24). The first-order valence-electron chi connectivity index (χ1n) is 7.73. The number of carboxylic acids is 1. The Kier molecular flexibility index (Phi) is 5.41. The summed E-state index contributed by atoms with van der Waals surface area (Å²) in [6.45, 7) is 4.68. The predicted molar refractivity (Wildman–Crippen MR) is 92.4 cm³/mol. The van der Waals surface area contributed by atoms with Crippen molar-refractivity contribution in [3.05, 3.63) is 59.4 Å². The van der Waals surface area contributed by atoms with Crippen LogP contribution in [-0.2, 0) is 15.0 Å². The Labute approximate surface area is 145 Å². The van der Waals surface area contributed by atoms with Gasteiger partial charge in [0.05, 0.1) is 5.41 Å². The van der Waals surface area contributed by atoms with Crippen LogP contribution in [0.5, 0.6) is 5.75 Å². The Morgan fingerprint density at radius 1 is 1.16 bits per heavy atom. The molecule has 132 valence electrons. The average molecular weight is 345 g/mol. The van der Waals surface area contributed by atoms with Crippen molar-refractivity contribution in [3.8, 4) is 5.75 Å². The first-order chi connectivity index (χ1) is 11.7. The number of hydrogen-bond donors (Lipinski definition) is 2. The van der Waals surface area contributed by atoms with E-state index in [-0.39, 0.29) is 12.4 Å². The largest absolute Gasteiger partial charge is 0.481 e. The molecule has 0 unspecified atom stereocenters. The van der Waals surface area contributed by atoms with Gasteiger partial charge in [0.25, 0.3) is 5.91 Å². The number of nitrogens with one attached hydrogen (secondary N) is 1. The first-order valence-corrected chi connectivity index (χ1v) is 7.73. The molecular formula is C19H20FNO4. The van der Waals surface area contributed by atoms with Crippen LogP contribution in [0.25, 0.3) is 0 Å². The Morgan fingerprint density at radius 2 is 1.80 bits per heavy atom. The lowest BCUT2D eigenvalue weighted by molar-refractivity contribution is -0.142. The highest BCUT2D eigenvalue weighted by atomic mass is 19.1. The van der Waals surface area contributed by atoms with E-state index in [1.165, 1.54) is 12.1 Å². The maximum absolute atomic E-state index is 13.6. The molecule has 25 heavy (non-hydrogen) atoms. The van der Waals surface area contributed by atoms with Crippen molar-refractivity contribution in [1.29, 1.82) is 0 Å². The van der Waals surface area contributed by atoms with Crippen LogP contribution < -0.4 is 10.1 Å². The lowest BCUT2D eigenvalue weighted by Gasteiger charge is -2.19. The van der Waals surface area contributed by atoms with Crippen LogP contribution in [-0.4, -0.2) is 23.6 Å². The number of carbonyl (C=O) groups is 2. The molecule has 0 spiro atoms. The van der Waals surface area contributed by atoms with Gasteiger partial charge in [0.15, 0.2) is 18.2 Å². The quantitative estimate of drug-likeness (QED) is 0.840. The summed E-state index contributed by atoms with van der Waals surface area (Å²) in [6, 6.07) is 10.9. The highest BCUT2D eigenvalue weighted by molar-refractivity contribution is 5.92. The fourth-order valence-corrected chi connectivity index (χ4v) is 2.16. The SMILES string of the molecule is Cc1ccc(F)c(OCC(=O)Nc2ccc(C(C)(C)C(=O)O)cc2)c1. The van der Waals surface area contributed by atoms with Gasteiger partial charge in [-0.2, -0.15) is 0 Å². The predicted octanol–water partition coefficient (Wildman–Crippen LogP) is 3.51. The molecule has 0 aliphatic heterocycles. The van der Waals surface area contributed by atoms with Crippen LogP contribution in [0.3, 0.4) is 0 Å². The number of hydrogen-bond acceptors (Lipinski definition) is 3. The van der Waals surface area contributed by atoms with E-state index in [4.69, 9.17) is 4.74 Å². The van der Waals surface area contributed by atoms with Gasteiger partial charge in [-0.3, -0.25) is 9.59 Å². The number of carboxylic acid groups (broad SMARTS) is 1. The summed E-state index contributed by atoms with van der Waals surface area (Å²) in [6.07, 6.45) is 0. The van der Waals surface area contributed by atoms with Crippen LogP contribution in [0.4, 0.5) is 10.1 Å². The van der Waals surface area contributed by atoms with Crippen molar-refractivity contribution in [2.45, 2.75) is 26.2 Å². The molecule has 0 aromatic heterocycles. The van der Waals surface area contributed by atoms with E-state index in [1.807, 2.05) is 0 Å². The van der Waals surface area contributed by atoms with E-state index in [2.05, 4.69) is 5.32 Å². The molecule has 0 heterocycles. The van der Waals surface area contributed by atoms with Gasteiger partial charge in [0, 0.05) is 5.69 Å². The third-order valence-electron chi connectivity index (χ3n) is 3.87. The Bertz CT molecular complexity index is 785. The number of benzene rings is 2. The summed E-state index contributed by atoms with van der Waals surface area (Å²) in [5.41, 5.74) is 0.932. The summed E-state index contributed by atoms with van der Waals surface area (Å²) < 4.78 is 18.8. The highest BCUT2D eigenvalue weighted by Crippen LogP contribution is 2.25. The van der Waals surface area contributed by atoms with E-state index >= 15 is 0 Å². The number of anilines is 1. The van der Waals surface area contributed by atoms with Gasteiger partial charge in [0.1, 0.15) is 0 Å². The fourth-order valence-electron chi connectivity index (χ4n) is 2.16. The van der Waals surface area contributed by atoms with E-state index in [0.29, 0.717) is 11.3 Å². The third-order valence-corrected chi connectivity index (χ3v) is 3.87. The molecule has 2 rings (SSSR count). The molecule has 0 saturated carbocycles. The maximum Gasteiger partial charge on any atom is 0.313 e. The van der Waals surface area contributed by atoms with Gasteiger partial charge in [0.2, 0.25) is 0 Å². The molecule has 2 aromatic carbocycles. The van der Waals surface area contributed by atoms with Crippen LogP contribution in [0.1, 0.15) is 25.0 Å². The van der Waals surface area contributed by atoms with Gasteiger partial charge < -0.3 is 15.2 Å². The Morgan fingerprint density at radius 3 is 2.40 bits per heavy atom. The summed E-state index contributed by atoms with van der Waals surface area (Å²) in [4.78, 5) is 23.2. The zero-order valence-electron chi connectivity index (χ0n) is 14.3. The molecule has 0 atom stereocenters. The van der Waals surface area contributed by atoms with Crippen LogP contribution in [0, 0.1) is 12.7 Å². The normalized spacial score (nSPS) is 11.0. The van der Waals surface area contributed by atoms with Crippen LogP contribution in [0.15, 0.2) is 42.5 Å². The minimum absolute atomic E-state index is 0.0219.